The number of likely N-dealkylation sites (tertiary alicyclic amines) is 2. The first-order valence-corrected chi connectivity index (χ1v) is 6.82. The summed E-state index contributed by atoms with van der Waals surface area (Å²) in [5.41, 5.74) is 0. The molecule has 1 N–H and O–H groups in total. The lowest BCUT2D eigenvalue weighted by Gasteiger charge is -2.29. The number of carbonyl (C=O) groups excluding carboxylic acids is 1. The van der Waals surface area contributed by atoms with Crippen LogP contribution in [-0.4, -0.2) is 84.7 Å². The molecule has 5 heteroatoms. The zero-order valence-electron chi connectivity index (χ0n) is 11.7. The molecular weight excluding hydrogens is 230 g/mol. The van der Waals surface area contributed by atoms with Crippen molar-refractivity contribution in [2.45, 2.75) is 37.4 Å². The summed E-state index contributed by atoms with van der Waals surface area (Å²) in [6, 6.07) is 0.400. The van der Waals surface area contributed by atoms with Crippen LogP contribution in [0.4, 0.5) is 0 Å². The average molecular weight is 255 g/mol. The molecule has 1 amide bonds. The molecule has 104 valence electrons. The number of rotatable bonds is 3. The summed E-state index contributed by atoms with van der Waals surface area (Å²) in [4.78, 5) is 18.7. The second kappa shape index (κ2) is 5.55. The van der Waals surface area contributed by atoms with Crippen LogP contribution in [-0.2, 0) is 4.79 Å². The molecule has 3 atom stereocenters. The quantitative estimate of drug-likeness (QED) is 0.746. The molecule has 2 saturated heterocycles. The summed E-state index contributed by atoms with van der Waals surface area (Å²) in [7, 11) is 6.09. The molecule has 0 unspecified atom stereocenters. The Morgan fingerprint density at radius 1 is 1.44 bits per heavy atom. The van der Waals surface area contributed by atoms with Crippen molar-refractivity contribution < 1.29 is 9.90 Å². The highest BCUT2D eigenvalue weighted by Gasteiger charge is 2.40. The molecule has 0 radical (unpaired) electrons. The number of amides is 1. The lowest BCUT2D eigenvalue weighted by atomic mass is 10.1. The van der Waals surface area contributed by atoms with Crippen LogP contribution in [0.25, 0.3) is 0 Å². The minimum Gasteiger partial charge on any atom is -0.394 e. The summed E-state index contributed by atoms with van der Waals surface area (Å²) >= 11 is 0. The third-order valence-corrected chi connectivity index (χ3v) is 4.42. The molecular formula is C13H25N3O2. The van der Waals surface area contributed by atoms with Crippen LogP contribution in [0.1, 0.15) is 19.3 Å². The van der Waals surface area contributed by atoms with Gasteiger partial charge in [-0.2, -0.15) is 0 Å². The van der Waals surface area contributed by atoms with Gasteiger partial charge in [0.05, 0.1) is 18.7 Å². The van der Waals surface area contributed by atoms with Crippen LogP contribution in [0, 0.1) is 0 Å². The fourth-order valence-corrected chi connectivity index (χ4v) is 3.12. The van der Waals surface area contributed by atoms with Crippen LogP contribution in [0.15, 0.2) is 0 Å². The van der Waals surface area contributed by atoms with E-state index < -0.39 is 0 Å². The van der Waals surface area contributed by atoms with E-state index >= 15 is 0 Å². The molecule has 2 aliphatic rings. The van der Waals surface area contributed by atoms with Gasteiger partial charge in [-0.05, 0) is 47.0 Å². The molecule has 0 aliphatic carbocycles. The van der Waals surface area contributed by atoms with Crippen LogP contribution in [0.3, 0.4) is 0 Å². The minimum absolute atomic E-state index is 0.00102. The molecule has 2 aliphatic heterocycles. The van der Waals surface area contributed by atoms with E-state index in [1.165, 1.54) is 0 Å². The lowest BCUT2D eigenvalue weighted by Crippen LogP contribution is -2.47. The topological polar surface area (TPSA) is 47.0 Å². The van der Waals surface area contributed by atoms with E-state index in [4.69, 9.17) is 0 Å². The molecule has 0 saturated carbocycles. The van der Waals surface area contributed by atoms with Crippen molar-refractivity contribution in [2.24, 2.45) is 0 Å². The zero-order chi connectivity index (χ0) is 13.3. The van der Waals surface area contributed by atoms with Gasteiger partial charge >= 0.3 is 0 Å². The van der Waals surface area contributed by atoms with E-state index in [2.05, 4.69) is 9.80 Å². The van der Waals surface area contributed by atoms with Gasteiger partial charge in [0.2, 0.25) is 5.91 Å². The fraction of sp³-hybridized carbons (Fsp3) is 0.923. The standard InChI is InChI=1S/C13H25N3O2/c1-14(2)10-7-11(9-17)16(8-10)13(18)12-5-4-6-15(12)3/h10-12,17H,4-9H2,1-3H3/t10-,11+,12+/m1/s1. The van der Waals surface area contributed by atoms with Crippen molar-refractivity contribution >= 4 is 5.91 Å². The molecule has 0 aromatic rings. The Bertz CT molecular complexity index is 309. The Morgan fingerprint density at radius 2 is 2.17 bits per heavy atom. The van der Waals surface area contributed by atoms with Gasteiger partial charge in [0, 0.05) is 12.6 Å². The maximum atomic E-state index is 12.6. The predicted octanol–water partition coefficient (Wildman–Crippen LogP) is -0.396. The van der Waals surface area contributed by atoms with Gasteiger partial charge in [-0.15, -0.1) is 0 Å². The van der Waals surface area contributed by atoms with Crippen molar-refractivity contribution in [1.29, 1.82) is 0 Å². The summed E-state index contributed by atoms with van der Waals surface area (Å²) in [5, 5.41) is 9.47. The monoisotopic (exact) mass is 255 g/mol. The van der Waals surface area contributed by atoms with Gasteiger partial charge in [0.1, 0.15) is 0 Å². The van der Waals surface area contributed by atoms with Crippen molar-refractivity contribution in [1.82, 2.24) is 14.7 Å². The van der Waals surface area contributed by atoms with Crippen LogP contribution in [0.2, 0.25) is 0 Å². The smallest absolute Gasteiger partial charge is 0.240 e. The van der Waals surface area contributed by atoms with Crippen molar-refractivity contribution in [2.75, 3.05) is 40.8 Å². The summed E-state index contributed by atoms with van der Waals surface area (Å²) in [5.74, 6) is 0.207. The van der Waals surface area contributed by atoms with Gasteiger partial charge in [-0.3, -0.25) is 9.69 Å². The first-order chi connectivity index (χ1) is 8.54. The van der Waals surface area contributed by atoms with Crippen LogP contribution >= 0.6 is 0 Å². The Morgan fingerprint density at radius 3 is 2.67 bits per heavy atom. The third kappa shape index (κ3) is 2.53. The highest BCUT2D eigenvalue weighted by atomic mass is 16.3. The van der Waals surface area contributed by atoms with E-state index in [1.807, 2.05) is 26.0 Å². The maximum Gasteiger partial charge on any atom is 0.240 e. The van der Waals surface area contributed by atoms with Crippen molar-refractivity contribution in [3.05, 3.63) is 0 Å². The molecule has 0 aromatic carbocycles. The Balaban J connectivity index is 2.04. The van der Waals surface area contributed by atoms with Gasteiger partial charge in [0.25, 0.3) is 0 Å². The van der Waals surface area contributed by atoms with E-state index in [9.17, 15) is 9.90 Å². The molecule has 0 spiro atoms. The maximum absolute atomic E-state index is 12.6. The lowest BCUT2D eigenvalue weighted by molar-refractivity contribution is -0.137. The van der Waals surface area contributed by atoms with E-state index in [1.54, 1.807) is 0 Å². The molecule has 5 nitrogen and oxygen atoms in total. The molecule has 2 rings (SSSR count). The zero-order valence-corrected chi connectivity index (χ0v) is 11.7. The van der Waals surface area contributed by atoms with E-state index in [0.717, 1.165) is 32.4 Å². The Kier molecular flexibility index (Phi) is 4.25. The second-order valence-corrected chi connectivity index (χ2v) is 5.82. The SMILES string of the molecule is CN(C)[C@@H]1C[C@@H](CO)N(C(=O)[C@@H]2CCCN2C)C1. The van der Waals surface area contributed by atoms with E-state index in [0.29, 0.717) is 6.04 Å². The number of likely N-dealkylation sites (N-methyl/N-ethyl adjacent to an activating group) is 2. The Hall–Kier alpha value is -0.650. The van der Waals surface area contributed by atoms with Crippen molar-refractivity contribution in [3.63, 3.8) is 0 Å². The molecule has 0 bridgehead atoms. The summed E-state index contributed by atoms with van der Waals surface area (Å²) < 4.78 is 0. The summed E-state index contributed by atoms with van der Waals surface area (Å²) in [6.45, 7) is 1.83. The third-order valence-electron chi connectivity index (χ3n) is 4.42. The van der Waals surface area contributed by atoms with E-state index in [-0.39, 0.29) is 24.6 Å². The highest BCUT2D eigenvalue weighted by Crippen LogP contribution is 2.25. The predicted molar refractivity (Wildman–Crippen MR) is 70.3 cm³/mol. The fourth-order valence-electron chi connectivity index (χ4n) is 3.12. The second-order valence-electron chi connectivity index (χ2n) is 5.82. The molecule has 18 heavy (non-hydrogen) atoms. The van der Waals surface area contributed by atoms with Crippen LogP contribution < -0.4 is 0 Å². The number of hydrogen-bond donors (Lipinski definition) is 1. The summed E-state index contributed by atoms with van der Waals surface area (Å²) in [6.07, 6.45) is 2.93. The molecule has 0 aromatic heterocycles. The number of nitrogens with zero attached hydrogens (tertiary/aromatic N) is 3. The minimum atomic E-state index is -0.00102. The highest BCUT2D eigenvalue weighted by molar-refractivity contribution is 5.82. The number of aliphatic hydroxyl groups is 1. The molecule has 2 fully saturated rings. The number of carbonyl (C=O) groups is 1. The van der Waals surface area contributed by atoms with Gasteiger partial charge < -0.3 is 14.9 Å². The average Bonchev–Trinajstić information content (AvgIpc) is 2.93. The largest absolute Gasteiger partial charge is 0.394 e. The van der Waals surface area contributed by atoms with Crippen molar-refractivity contribution in [3.8, 4) is 0 Å². The number of aliphatic hydroxyl groups excluding tert-OH is 1. The number of hydrogen-bond acceptors (Lipinski definition) is 4. The van der Waals surface area contributed by atoms with Gasteiger partial charge in [0.15, 0.2) is 0 Å². The first kappa shape index (κ1) is 13.8. The van der Waals surface area contributed by atoms with Gasteiger partial charge in [-0.1, -0.05) is 0 Å². The Labute approximate surface area is 109 Å². The van der Waals surface area contributed by atoms with Gasteiger partial charge in [-0.25, -0.2) is 0 Å². The van der Waals surface area contributed by atoms with Crippen LogP contribution in [0.5, 0.6) is 0 Å². The normalized spacial score (nSPS) is 33.6. The molecule has 2 heterocycles. The first-order valence-electron chi connectivity index (χ1n) is 6.82.